The van der Waals surface area contributed by atoms with Crippen molar-refractivity contribution in [3.05, 3.63) is 10.6 Å². The van der Waals surface area contributed by atoms with E-state index in [4.69, 9.17) is 16.7 Å². The van der Waals surface area contributed by atoms with Crippen molar-refractivity contribution in [2.45, 2.75) is 27.7 Å². The molecule has 1 N–H and O–H groups in total. The lowest BCUT2D eigenvalue weighted by atomic mass is 10.0. The molecule has 0 heterocycles. The van der Waals surface area contributed by atoms with Gasteiger partial charge in [-0.3, -0.25) is 0 Å². The average Bonchev–Trinajstić information content (AvgIpc) is 2.23. The van der Waals surface area contributed by atoms with E-state index in [2.05, 4.69) is 0 Å². The van der Waals surface area contributed by atoms with Crippen LogP contribution in [0.3, 0.4) is 0 Å². The summed E-state index contributed by atoms with van der Waals surface area (Å²) < 4.78 is 0. The molecular weight excluding hydrogens is 176 g/mol. The summed E-state index contributed by atoms with van der Waals surface area (Å²) in [5, 5.41) is 8.66. The van der Waals surface area contributed by atoms with Gasteiger partial charge in [0.15, 0.2) is 0 Å². The number of hydrogen-bond acceptors (Lipinski definition) is 1. The molecule has 3 heteroatoms. The van der Waals surface area contributed by atoms with E-state index in [0.717, 1.165) is 5.57 Å². The maximum atomic E-state index is 10.6. The van der Waals surface area contributed by atoms with Gasteiger partial charge in [0.2, 0.25) is 0 Å². The van der Waals surface area contributed by atoms with Gasteiger partial charge in [0, 0.05) is 0 Å². The predicted octanol–water partition coefficient (Wildman–Crippen LogP) is 2.63. The van der Waals surface area contributed by atoms with Crippen molar-refractivity contribution in [3.63, 3.8) is 0 Å². The average molecular weight is 189 g/mol. The van der Waals surface area contributed by atoms with Crippen molar-refractivity contribution in [2.75, 3.05) is 0 Å². The first-order valence-corrected chi connectivity index (χ1v) is 4.24. The maximum absolute atomic E-state index is 10.6. The SMILES string of the molecule is CC1(C)C(=C(Cl)C(=O)O)C1(C)C. The zero-order valence-corrected chi connectivity index (χ0v) is 8.49. The summed E-state index contributed by atoms with van der Waals surface area (Å²) >= 11 is 5.66. The second-order valence-electron chi connectivity index (χ2n) is 4.24. The van der Waals surface area contributed by atoms with Crippen LogP contribution >= 0.6 is 11.6 Å². The Hall–Kier alpha value is -0.500. The number of carboxylic acid groups (broad SMARTS) is 1. The van der Waals surface area contributed by atoms with Gasteiger partial charge in [0.1, 0.15) is 5.03 Å². The Balaban J connectivity index is 3.12. The largest absolute Gasteiger partial charge is 0.477 e. The molecule has 0 aromatic rings. The minimum atomic E-state index is -1.02. The van der Waals surface area contributed by atoms with Crippen molar-refractivity contribution in [1.29, 1.82) is 0 Å². The van der Waals surface area contributed by atoms with E-state index >= 15 is 0 Å². The van der Waals surface area contributed by atoms with Gasteiger partial charge < -0.3 is 5.11 Å². The zero-order valence-electron chi connectivity index (χ0n) is 7.73. The first-order chi connectivity index (χ1) is 5.23. The van der Waals surface area contributed by atoms with E-state index in [-0.39, 0.29) is 15.9 Å². The summed E-state index contributed by atoms with van der Waals surface area (Å²) in [6.07, 6.45) is 0. The molecule has 0 radical (unpaired) electrons. The van der Waals surface area contributed by atoms with E-state index in [0.29, 0.717) is 0 Å². The minimum absolute atomic E-state index is 0.00926. The molecule has 0 saturated heterocycles. The highest BCUT2D eigenvalue weighted by Crippen LogP contribution is 2.69. The smallest absolute Gasteiger partial charge is 0.347 e. The molecular formula is C9H13ClO2. The fraction of sp³-hybridized carbons (Fsp3) is 0.667. The summed E-state index contributed by atoms with van der Waals surface area (Å²) in [5.41, 5.74) is 0.717. The first-order valence-electron chi connectivity index (χ1n) is 3.87. The lowest BCUT2D eigenvalue weighted by Gasteiger charge is -2.02. The molecule has 0 aromatic carbocycles. The predicted molar refractivity (Wildman–Crippen MR) is 48.1 cm³/mol. The molecule has 1 rings (SSSR count). The molecule has 68 valence electrons. The monoisotopic (exact) mass is 188 g/mol. The highest BCUT2D eigenvalue weighted by Gasteiger charge is 2.61. The third kappa shape index (κ3) is 0.977. The van der Waals surface area contributed by atoms with Crippen molar-refractivity contribution in [1.82, 2.24) is 0 Å². The molecule has 1 saturated carbocycles. The van der Waals surface area contributed by atoms with Gasteiger partial charge in [-0.15, -0.1) is 0 Å². The number of hydrogen-bond donors (Lipinski definition) is 1. The fourth-order valence-electron chi connectivity index (χ4n) is 1.69. The number of aliphatic carboxylic acids is 1. The molecule has 1 aliphatic rings. The molecule has 0 unspecified atom stereocenters. The van der Waals surface area contributed by atoms with Crippen molar-refractivity contribution in [3.8, 4) is 0 Å². The molecule has 2 nitrogen and oxygen atoms in total. The Bertz CT molecular complexity index is 258. The van der Waals surface area contributed by atoms with Gasteiger partial charge in [-0.1, -0.05) is 39.3 Å². The first kappa shape index (κ1) is 9.59. The summed E-state index contributed by atoms with van der Waals surface area (Å²) in [7, 11) is 0. The Morgan fingerprint density at radius 1 is 1.25 bits per heavy atom. The molecule has 1 fully saturated rings. The van der Waals surface area contributed by atoms with Crippen LogP contribution in [0.4, 0.5) is 0 Å². The Morgan fingerprint density at radius 2 is 1.58 bits per heavy atom. The number of halogens is 1. The summed E-state index contributed by atoms with van der Waals surface area (Å²) in [6, 6.07) is 0. The number of allylic oxidation sites excluding steroid dienone is 1. The number of carbonyl (C=O) groups is 1. The quantitative estimate of drug-likeness (QED) is 0.643. The lowest BCUT2D eigenvalue weighted by Crippen LogP contribution is -1.95. The van der Waals surface area contributed by atoms with Crippen LogP contribution in [0.25, 0.3) is 0 Å². The van der Waals surface area contributed by atoms with Crippen LogP contribution in [0.2, 0.25) is 0 Å². The summed E-state index contributed by atoms with van der Waals surface area (Å²) in [6.45, 7) is 8.03. The van der Waals surface area contributed by atoms with Crippen LogP contribution in [-0.2, 0) is 4.79 Å². The van der Waals surface area contributed by atoms with Gasteiger partial charge >= 0.3 is 5.97 Å². The third-order valence-electron chi connectivity index (χ3n) is 3.16. The van der Waals surface area contributed by atoms with Gasteiger partial charge in [-0.25, -0.2) is 4.79 Å². The van der Waals surface area contributed by atoms with E-state index in [1.165, 1.54) is 0 Å². The Morgan fingerprint density at radius 3 is 1.67 bits per heavy atom. The topological polar surface area (TPSA) is 37.3 Å². The Kier molecular flexibility index (Phi) is 1.80. The third-order valence-corrected chi connectivity index (χ3v) is 3.51. The van der Waals surface area contributed by atoms with Crippen molar-refractivity contribution < 1.29 is 9.90 Å². The summed E-state index contributed by atoms with van der Waals surface area (Å²) in [5.74, 6) is -1.02. The van der Waals surface area contributed by atoms with Crippen LogP contribution in [0, 0.1) is 10.8 Å². The second kappa shape index (κ2) is 2.25. The normalized spacial score (nSPS) is 23.6. The number of rotatable bonds is 1. The zero-order chi connectivity index (χ0) is 9.73. The molecule has 0 amide bonds. The van der Waals surface area contributed by atoms with E-state index in [1.54, 1.807) is 0 Å². The highest BCUT2D eigenvalue weighted by atomic mass is 35.5. The van der Waals surface area contributed by atoms with Crippen LogP contribution < -0.4 is 0 Å². The molecule has 0 spiro atoms. The molecule has 0 atom stereocenters. The maximum Gasteiger partial charge on any atom is 0.347 e. The molecule has 0 aliphatic heterocycles. The van der Waals surface area contributed by atoms with Gasteiger partial charge in [0.25, 0.3) is 0 Å². The number of carboxylic acids is 1. The van der Waals surface area contributed by atoms with Crippen LogP contribution in [0.15, 0.2) is 10.6 Å². The molecule has 0 aromatic heterocycles. The van der Waals surface area contributed by atoms with Crippen LogP contribution in [0.1, 0.15) is 27.7 Å². The van der Waals surface area contributed by atoms with Gasteiger partial charge in [-0.2, -0.15) is 0 Å². The summed E-state index contributed by atoms with van der Waals surface area (Å²) in [4.78, 5) is 10.6. The molecule has 0 bridgehead atoms. The Labute approximate surface area is 77.2 Å². The fourth-order valence-corrected chi connectivity index (χ4v) is 2.16. The van der Waals surface area contributed by atoms with Gasteiger partial charge in [0.05, 0.1) is 0 Å². The van der Waals surface area contributed by atoms with Crippen molar-refractivity contribution in [2.24, 2.45) is 10.8 Å². The minimum Gasteiger partial charge on any atom is -0.477 e. The van der Waals surface area contributed by atoms with E-state index in [1.807, 2.05) is 27.7 Å². The second-order valence-corrected chi connectivity index (χ2v) is 4.62. The van der Waals surface area contributed by atoms with E-state index in [9.17, 15) is 4.79 Å². The van der Waals surface area contributed by atoms with Crippen molar-refractivity contribution >= 4 is 17.6 Å². The van der Waals surface area contributed by atoms with Gasteiger partial charge in [-0.05, 0) is 16.4 Å². The van der Waals surface area contributed by atoms with E-state index < -0.39 is 5.97 Å². The van der Waals surface area contributed by atoms with Crippen LogP contribution in [0.5, 0.6) is 0 Å². The lowest BCUT2D eigenvalue weighted by molar-refractivity contribution is -0.131. The van der Waals surface area contributed by atoms with Crippen LogP contribution in [-0.4, -0.2) is 11.1 Å². The molecule has 12 heavy (non-hydrogen) atoms. The standard InChI is InChI=1S/C9H13ClO2/c1-8(2)6(9(8,3)4)5(10)7(11)12/h1-4H3,(H,11,12). The molecule has 1 aliphatic carbocycles. The highest BCUT2D eigenvalue weighted by molar-refractivity contribution is 6.41.